The molecule has 0 spiro atoms. The van der Waals surface area contributed by atoms with Gasteiger partial charge in [-0.05, 0) is 62.3 Å². The molecule has 1 amide bonds. The highest BCUT2D eigenvalue weighted by atomic mass is 32.1. The molecule has 0 bridgehead atoms. The highest BCUT2D eigenvalue weighted by Crippen LogP contribution is 2.44. The summed E-state index contributed by atoms with van der Waals surface area (Å²) in [6, 6.07) is 15.9. The fourth-order valence-electron chi connectivity index (χ4n) is 4.89. The first kappa shape index (κ1) is 21.7. The maximum Gasteiger partial charge on any atom is 0.258 e. The molecule has 1 atom stereocenters. The molecule has 2 heterocycles. The first-order chi connectivity index (χ1) is 16.0. The van der Waals surface area contributed by atoms with Crippen LogP contribution in [-0.4, -0.2) is 18.0 Å². The number of para-hydroxylation sites is 2. The SMILES string of the molecule is COc1ccccc1NC(=O)c1c(C)nc2sc3c(c2c1-c1cccc(C)c1)CCC(C)C3. The molecule has 0 saturated carbocycles. The van der Waals surface area contributed by atoms with Crippen molar-refractivity contribution in [3.05, 3.63) is 75.8 Å². The number of nitrogens with one attached hydrogen (secondary N) is 1. The summed E-state index contributed by atoms with van der Waals surface area (Å²) >= 11 is 1.80. The Morgan fingerprint density at radius 1 is 1.15 bits per heavy atom. The zero-order valence-electron chi connectivity index (χ0n) is 19.5. The van der Waals surface area contributed by atoms with Crippen LogP contribution in [0.4, 0.5) is 5.69 Å². The van der Waals surface area contributed by atoms with Gasteiger partial charge in [-0.15, -0.1) is 11.3 Å². The number of carbonyl (C=O) groups is 1. The molecule has 4 aromatic rings. The molecule has 5 heteroatoms. The number of anilines is 1. The van der Waals surface area contributed by atoms with Crippen molar-refractivity contribution in [1.29, 1.82) is 0 Å². The van der Waals surface area contributed by atoms with Gasteiger partial charge in [-0.3, -0.25) is 4.79 Å². The minimum Gasteiger partial charge on any atom is -0.495 e. The van der Waals surface area contributed by atoms with Crippen molar-refractivity contribution in [3.63, 3.8) is 0 Å². The molecule has 2 aromatic carbocycles. The summed E-state index contributed by atoms with van der Waals surface area (Å²) in [6.07, 6.45) is 3.29. The van der Waals surface area contributed by atoms with Crippen LogP contribution in [0.15, 0.2) is 48.5 Å². The standard InChI is InChI=1S/C28H28N2O2S/c1-16-8-7-9-19(14-16)25-24(27(31)30-21-10-5-6-11-22(21)32-4)18(3)29-28-26(25)20-13-12-17(2)15-23(20)33-28/h5-11,14,17H,12-13,15H2,1-4H3,(H,30,31). The number of ether oxygens (including phenoxy) is 1. The van der Waals surface area contributed by atoms with E-state index in [2.05, 4.69) is 43.4 Å². The monoisotopic (exact) mass is 456 g/mol. The minimum atomic E-state index is -0.160. The van der Waals surface area contributed by atoms with Gasteiger partial charge in [0.05, 0.1) is 24.1 Å². The number of benzene rings is 2. The van der Waals surface area contributed by atoms with Gasteiger partial charge in [-0.2, -0.15) is 0 Å². The number of thiophene rings is 1. The number of hydrogen-bond donors (Lipinski definition) is 1. The van der Waals surface area contributed by atoms with Crippen LogP contribution in [0.3, 0.4) is 0 Å². The second kappa shape index (κ2) is 8.64. The Hall–Kier alpha value is -3.18. The lowest BCUT2D eigenvalue weighted by Crippen LogP contribution is -2.17. The van der Waals surface area contributed by atoms with E-state index in [0.717, 1.165) is 39.9 Å². The van der Waals surface area contributed by atoms with Gasteiger partial charge in [0.15, 0.2) is 0 Å². The van der Waals surface area contributed by atoms with Crippen molar-refractivity contribution < 1.29 is 9.53 Å². The van der Waals surface area contributed by atoms with Crippen LogP contribution in [-0.2, 0) is 12.8 Å². The number of methoxy groups -OCH3 is 1. The molecular formula is C28H28N2O2S. The lowest BCUT2D eigenvalue weighted by Gasteiger charge is -2.20. The van der Waals surface area contributed by atoms with Crippen LogP contribution in [0.25, 0.3) is 21.3 Å². The number of nitrogens with zero attached hydrogens (tertiary/aromatic N) is 1. The maximum atomic E-state index is 13.8. The van der Waals surface area contributed by atoms with E-state index in [-0.39, 0.29) is 5.91 Å². The van der Waals surface area contributed by atoms with Crippen LogP contribution in [0.2, 0.25) is 0 Å². The molecule has 0 radical (unpaired) electrons. The third-order valence-electron chi connectivity index (χ3n) is 6.51. The van der Waals surface area contributed by atoms with Crippen molar-refractivity contribution in [2.24, 2.45) is 5.92 Å². The van der Waals surface area contributed by atoms with Crippen LogP contribution in [0, 0.1) is 19.8 Å². The predicted molar refractivity (Wildman–Crippen MR) is 137 cm³/mol. The first-order valence-corrected chi connectivity index (χ1v) is 12.2. The van der Waals surface area contributed by atoms with E-state index < -0.39 is 0 Å². The highest BCUT2D eigenvalue weighted by molar-refractivity contribution is 7.19. The van der Waals surface area contributed by atoms with Crippen LogP contribution >= 0.6 is 11.3 Å². The summed E-state index contributed by atoms with van der Waals surface area (Å²) in [4.78, 5) is 21.2. The number of aromatic nitrogens is 1. The molecule has 168 valence electrons. The molecule has 4 nitrogen and oxygen atoms in total. The number of aryl methyl sites for hydroxylation is 3. The van der Waals surface area contributed by atoms with Crippen LogP contribution in [0.5, 0.6) is 5.75 Å². The average Bonchev–Trinajstić information content (AvgIpc) is 3.15. The number of fused-ring (bicyclic) bond motifs is 3. The van der Waals surface area contributed by atoms with Crippen molar-refractivity contribution in [2.45, 2.75) is 40.0 Å². The zero-order valence-corrected chi connectivity index (χ0v) is 20.3. The van der Waals surface area contributed by atoms with E-state index in [1.807, 2.05) is 31.2 Å². The summed E-state index contributed by atoms with van der Waals surface area (Å²) < 4.78 is 5.46. The Labute approximate surface area is 198 Å². The Bertz CT molecular complexity index is 1370. The summed E-state index contributed by atoms with van der Waals surface area (Å²) in [5.41, 5.74) is 6.65. The third kappa shape index (κ3) is 3.91. The van der Waals surface area contributed by atoms with Gasteiger partial charge >= 0.3 is 0 Å². The Morgan fingerprint density at radius 3 is 2.76 bits per heavy atom. The van der Waals surface area contributed by atoms with E-state index in [9.17, 15) is 4.79 Å². The van der Waals surface area contributed by atoms with E-state index >= 15 is 0 Å². The molecule has 0 saturated heterocycles. The van der Waals surface area contributed by atoms with Gasteiger partial charge in [0.2, 0.25) is 0 Å². The topological polar surface area (TPSA) is 51.2 Å². The second-order valence-corrected chi connectivity index (χ2v) is 10.1. The third-order valence-corrected chi connectivity index (χ3v) is 7.66. The fourth-order valence-corrected chi connectivity index (χ4v) is 6.33. The van der Waals surface area contributed by atoms with Gasteiger partial charge in [0.25, 0.3) is 5.91 Å². The first-order valence-electron chi connectivity index (χ1n) is 11.4. The normalized spacial score (nSPS) is 15.3. The van der Waals surface area contributed by atoms with E-state index in [4.69, 9.17) is 9.72 Å². The molecule has 1 unspecified atom stereocenters. The number of rotatable bonds is 4. The van der Waals surface area contributed by atoms with Crippen molar-refractivity contribution in [1.82, 2.24) is 4.98 Å². The summed E-state index contributed by atoms with van der Waals surface area (Å²) in [5.74, 6) is 1.16. The zero-order chi connectivity index (χ0) is 23.1. The summed E-state index contributed by atoms with van der Waals surface area (Å²) in [7, 11) is 1.61. The lowest BCUT2D eigenvalue weighted by atomic mass is 9.86. The Morgan fingerprint density at radius 2 is 1.97 bits per heavy atom. The van der Waals surface area contributed by atoms with Gasteiger partial charge in [-0.25, -0.2) is 4.98 Å². The smallest absolute Gasteiger partial charge is 0.258 e. The largest absolute Gasteiger partial charge is 0.495 e. The highest BCUT2D eigenvalue weighted by Gasteiger charge is 2.28. The molecule has 1 aliphatic rings. The van der Waals surface area contributed by atoms with Gasteiger partial charge in [0.1, 0.15) is 10.6 Å². The van der Waals surface area contributed by atoms with Crippen molar-refractivity contribution in [3.8, 4) is 16.9 Å². The number of hydrogen-bond acceptors (Lipinski definition) is 4. The number of amides is 1. The molecule has 5 rings (SSSR count). The minimum absolute atomic E-state index is 0.160. The molecular weight excluding hydrogens is 428 g/mol. The van der Waals surface area contributed by atoms with Gasteiger partial charge < -0.3 is 10.1 Å². The average molecular weight is 457 g/mol. The molecule has 33 heavy (non-hydrogen) atoms. The van der Waals surface area contributed by atoms with Gasteiger partial charge in [0, 0.05) is 15.8 Å². The Balaban J connectivity index is 1.75. The van der Waals surface area contributed by atoms with Crippen molar-refractivity contribution in [2.75, 3.05) is 12.4 Å². The van der Waals surface area contributed by atoms with Crippen LogP contribution < -0.4 is 10.1 Å². The fraction of sp³-hybridized carbons (Fsp3) is 0.286. The molecule has 2 aromatic heterocycles. The summed E-state index contributed by atoms with van der Waals surface area (Å²) in [6.45, 7) is 6.35. The van der Waals surface area contributed by atoms with Gasteiger partial charge in [-0.1, -0.05) is 48.9 Å². The molecule has 0 aliphatic heterocycles. The molecule has 1 aliphatic carbocycles. The molecule has 1 N–H and O–H groups in total. The maximum absolute atomic E-state index is 13.8. The number of carbonyl (C=O) groups excluding carboxylic acids is 1. The van der Waals surface area contributed by atoms with E-state index in [1.54, 1.807) is 18.4 Å². The molecule has 0 fully saturated rings. The van der Waals surface area contributed by atoms with Crippen LogP contribution in [0.1, 0.15) is 45.4 Å². The Kier molecular flexibility index (Phi) is 5.67. The summed E-state index contributed by atoms with van der Waals surface area (Å²) in [5, 5.41) is 4.24. The lowest BCUT2D eigenvalue weighted by molar-refractivity contribution is 0.102. The predicted octanol–water partition coefficient (Wildman–Crippen LogP) is 6.97. The van der Waals surface area contributed by atoms with Crippen molar-refractivity contribution >= 4 is 33.1 Å². The quantitative estimate of drug-likeness (QED) is 0.361. The van der Waals surface area contributed by atoms with E-state index in [0.29, 0.717) is 22.9 Å². The van der Waals surface area contributed by atoms with E-state index in [1.165, 1.54) is 22.4 Å². The second-order valence-electron chi connectivity index (χ2n) is 9.00. The number of pyridine rings is 1.